The number of anilines is 2. The zero-order chi connectivity index (χ0) is 13.8. The van der Waals surface area contributed by atoms with E-state index in [9.17, 15) is 0 Å². The summed E-state index contributed by atoms with van der Waals surface area (Å²) in [5, 5.41) is 11.3. The van der Waals surface area contributed by atoms with Crippen molar-refractivity contribution in [1.29, 1.82) is 0 Å². The second kappa shape index (κ2) is 5.60. The molecule has 0 aliphatic rings. The molecule has 1 aromatic carbocycles. The molecule has 1 aromatic heterocycles. The zero-order valence-electron chi connectivity index (χ0n) is 11.4. The molecule has 6 heteroatoms. The molecule has 6 nitrogen and oxygen atoms in total. The minimum absolute atomic E-state index is 0.00618. The van der Waals surface area contributed by atoms with E-state index in [4.69, 9.17) is 10.5 Å². The van der Waals surface area contributed by atoms with E-state index in [1.54, 1.807) is 6.33 Å². The van der Waals surface area contributed by atoms with E-state index in [-0.39, 0.29) is 6.04 Å². The molecule has 102 valence electrons. The molecule has 0 saturated carbocycles. The standard InChI is InChI=1S/C13H19N5O/c1-4-19-11-7-5-6-10(12(11)14)16-9(2)13-17-15-8-18(13)3/h5-9,16H,4,14H2,1-3H3. The average molecular weight is 261 g/mol. The number of para-hydroxylation sites is 1. The van der Waals surface area contributed by atoms with Gasteiger partial charge in [-0.05, 0) is 26.0 Å². The van der Waals surface area contributed by atoms with E-state index in [1.165, 1.54) is 0 Å². The molecular formula is C13H19N5O. The van der Waals surface area contributed by atoms with Crippen LogP contribution in [0.2, 0.25) is 0 Å². The average Bonchev–Trinajstić information content (AvgIpc) is 2.81. The molecule has 0 amide bonds. The van der Waals surface area contributed by atoms with E-state index in [1.807, 2.05) is 43.7 Å². The molecule has 1 heterocycles. The molecule has 0 saturated heterocycles. The Morgan fingerprint density at radius 2 is 2.26 bits per heavy atom. The largest absolute Gasteiger partial charge is 0.492 e. The molecule has 19 heavy (non-hydrogen) atoms. The van der Waals surface area contributed by atoms with Crippen molar-refractivity contribution in [2.24, 2.45) is 7.05 Å². The lowest BCUT2D eigenvalue weighted by atomic mass is 10.2. The Morgan fingerprint density at radius 3 is 2.89 bits per heavy atom. The number of nitrogens with one attached hydrogen (secondary N) is 1. The van der Waals surface area contributed by atoms with E-state index in [0.717, 1.165) is 11.5 Å². The summed E-state index contributed by atoms with van der Waals surface area (Å²) in [6, 6.07) is 5.70. The third kappa shape index (κ3) is 2.78. The van der Waals surface area contributed by atoms with Crippen LogP contribution in [0.5, 0.6) is 5.75 Å². The molecule has 0 bridgehead atoms. The van der Waals surface area contributed by atoms with Gasteiger partial charge in [0.05, 0.1) is 24.0 Å². The third-order valence-corrected chi connectivity index (χ3v) is 2.87. The van der Waals surface area contributed by atoms with Crippen LogP contribution >= 0.6 is 0 Å². The maximum Gasteiger partial charge on any atom is 0.154 e. The number of ether oxygens (including phenoxy) is 1. The number of hydrogen-bond donors (Lipinski definition) is 2. The van der Waals surface area contributed by atoms with Crippen molar-refractivity contribution in [2.75, 3.05) is 17.7 Å². The highest BCUT2D eigenvalue weighted by molar-refractivity contribution is 5.73. The highest BCUT2D eigenvalue weighted by Crippen LogP contribution is 2.31. The van der Waals surface area contributed by atoms with Gasteiger partial charge in [-0.1, -0.05) is 6.07 Å². The fraction of sp³-hybridized carbons (Fsp3) is 0.385. The minimum atomic E-state index is 0.00618. The van der Waals surface area contributed by atoms with Crippen LogP contribution in [0.1, 0.15) is 25.7 Å². The minimum Gasteiger partial charge on any atom is -0.492 e. The van der Waals surface area contributed by atoms with E-state index in [0.29, 0.717) is 18.0 Å². The van der Waals surface area contributed by atoms with Crippen molar-refractivity contribution >= 4 is 11.4 Å². The van der Waals surface area contributed by atoms with Crippen molar-refractivity contribution in [3.8, 4) is 5.75 Å². The molecule has 0 radical (unpaired) electrons. The summed E-state index contributed by atoms with van der Waals surface area (Å²) in [7, 11) is 1.91. The lowest BCUT2D eigenvalue weighted by molar-refractivity contribution is 0.342. The molecule has 0 aliphatic carbocycles. The number of aromatic nitrogens is 3. The van der Waals surface area contributed by atoms with Gasteiger partial charge in [0.25, 0.3) is 0 Å². The number of rotatable bonds is 5. The third-order valence-electron chi connectivity index (χ3n) is 2.87. The number of aryl methyl sites for hydroxylation is 1. The topological polar surface area (TPSA) is 78.0 Å². The first kappa shape index (κ1) is 13.2. The summed E-state index contributed by atoms with van der Waals surface area (Å²) in [4.78, 5) is 0. The molecule has 0 aliphatic heterocycles. The molecule has 1 atom stereocenters. The van der Waals surface area contributed by atoms with Crippen LogP contribution in [0, 0.1) is 0 Å². The van der Waals surface area contributed by atoms with Gasteiger partial charge in [-0.3, -0.25) is 0 Å². The fourth-order valence-electron chi connectivity index (χ4n) is 1.93. The van der Waals surface area contributed by atoms with E-state index < -0.39 is 0 Å². The first-order chi connectivity index (χ1) is 9.13. The van der Waals surface area contributed by atoms with Crippen LogP contribution in [-0.4, -0.2) is 21.4 Å². The maximum absolute atomic E-state index is 6.08. The molecule has 0 spiro atoms. The van der Waals surface area contributed by atoms with Gasteiger partial charge in [0.1, 0.15) is 12.1 Å². The van der Waals surface area contributed by atoms with Gasteiger partial charge < -0.3 is 20.4 Å². The van der Waals surface area contributed by atoms with Crippen LogP contribution in [-0.2, 0) is 7.05 Å². The molecule has 3 N–H and O–H groups in total. The van der Waals surface area contributed by atoms with Gasteiger partial charge in [0.15, 0.2) is 5.82 Å². The van der Waals surface area contributed by atoms with Gasteiger partial charge >= 0.3 is 0 Å². The molecular weight excluding hydrogens is 242 g/mol. The fourth-order valence-corrected chi connectivity index (χ4v) is 1.93. The van der Waals surface area contributed by atoms with Crippen molar-refractivity contribution in [3.05, 3.63) is 30.4 Å². The Morgan fingerprint density at radius 1 is 1.47 bits per heavy atom. The Labute approximate surface area is 112 Å². The lowest BCUT2D eigenvalue weighted by Crippen LogP contribution is -2.13. The summed E-state index contributed by atoms with van der Waals surface area (Å²) < 4.78 is 7.35. The van der Waals surface area contributed by atoms with Crippen LogP contribution in [0.3, 0.4) is 0 Å². The molecule has 0 fully saturated rings. The number of hydrogen-bond acceptors (Lipinski definition) is 5. The van der Waals surface area contributed by atoms with Crippen LogP contribution in [0.4, 0.5) is 11.4 Å². The van der Waals surface area contributed by atoms with Gasteiger partial charge in [0.2, 0.25) is 0 Å². The number of nitrogen functional groups attached to an aromatic ring is 1. The van der Waals surface area contributed by atoms with Crippen molar-refractivity contribution in [1.82, 2.24) is 14.8 Å². The van der Waals surface area contributed by atoms with Gasteiger partial charge in [-0.25, -0.2) is 0 Å². The highest BCUT2D eigenvalue weighted by Gasteiger charge is 2.13. The maximum atomic E-state index is 6.08. The zero-order valence-corrected chi connectivity index (χ0v) is 11.4. The number of nitrogens with zero attached hydrogens (tertiary/aromatic N) is 3. The van der Waals surface area contributed by atoms with Crippen LogP contribution in [0.25, 0.3) is 0 Å². The Hall–Kier alpha value is -2.24. The normalized spacial score (nSPS) is 12.2. The lowest BCUT2D eigenvalue weighted by Gasteiger charge is -2.17. The van der Waals surface area contributed by atoms with Crippen molar-refractivity contribution in [3.63, 3.8) is 0 Å². The predicted molar refractivity (Wildman–Crippen MR) is 75.1 cm³/mol. The summed E-state index contributed by atoms with van der Waals surface area (Å²) in [5.74, 6) is 1.54. The SMILES string of the molecule is CCOc1cccc(NC(C)c2nncn2C)c1N. The summed E-state index contributed by atoms with van der Waals surface area (Å²) in [6.07, 6.45) is 1.67. The molecule has 1 unspecified atom stereocenters. The van der Waals surface area contributed by atoms with E-state index >= 15 is 0 Å². The molecule has 2 aromatic rings. The number of benzene rings is 1. The second-order valence-corrected chi connectivity index (χ2v) is 4.32. The second-order valence-electron chi connectivity index (χ2n) is 4.32. The summed E-state index contributed by atoms with van der Waals surface area (Å²) in [5.41, 5.74) is 7.52. The quantitative estimate of drug-likeness (QED) is 0.804. The number of nitrogens with two attached hydrogens (primary N) is 1. The summed E-state index contributed by atoms with van der Waals surface area (Å²) in [6.45, 7) is 4.53. The van der Waals surface area contributed by atoms with Gasteiger partial charge in [0, 0.05) is 7.05 Å². The smallest absolute Gasteiger partial charge is 0.154 e. The first-order valence-corrected chi connectivity index (χ1v) is 6.25. The van der Waals surface area contributed by atoms with Gasteiger partial charge in [-0.2, -0.15) is 0 Å². The Kier molecular flexibility index (Phi) is 3.89. The first-order valence-electron chi connectivity index (χ1n) is 6.25. The van der Waals surface area contributed by atoms with E-state index in [2.05, 4.69) is 15.5 Å². The Bertz CT molecular complexity index is 552. The summed E-state index contributed by atoms with van der Waals surface area (Å²) >= 11 is 0. The van der Waals surface area contributed by atoms with Crippen LogP contribution < -0.4 is 15.8 Å². The highest BCUT2D eigenvalue weighted by atomic mass is 16.5. The van der Waals surface area contributed by atoms with Crippen molar-refractivity contribution in [2.45, 2.75) is 19.9 Å². The predicted octanol–water partition coefficient (Wildman–Crippen LogP) is 1.97. The monoisotopic (exact) mass is 261 g/mol. The van der Waals surface area contributed by atoms with Gasteiger partial charge in [-0.15, -0.1) is 10.2 Å². The molecule has 2 rings (SSSR count). The Balaban J connectivity index is 2.19. The van der Waals surface area contributed by atoms with Crippen LogP contribution in [0.15, 0.2) is 24.5 Å². The van der Waals surface area contributed by atoms with Crippen molar-refractivity contribution < 1.29 is 4.74 Å².